The van der Waals surface area contributed by atoms with Gasteiger partial charge in [-0.05, 0) is 54.8 Å². The number of rotatable bonds is 18. The first-order valence-corrected chi connectivity index (χ1v) is 11.9. The van der Waals surface area contributed by atoms with Crippen molar-refractivity contribution in [1.29, 1.82) is 0 Å². The molecule has 0 radical (unpaired) electrons. The molecule has 0 heterocycles. The van der Waals surface area contributed by atoms with Gasteiger partial charge in [-0.2, -0.15) is 0 Å². The van der Waals surface area contributed by atoms with Crippen molar-refractivity contribution in [3.8, 4) is 17.2 Å². The van der Waals surface area contributed by atoms with Crippen LogP contribution in [-0.2, 0) is 25.4 Å². The number of aliphatic carboxylic acids is 1. The number of methoxy groups -OCH3 is 1. The third kappa shape index (κ3) is 10.1. The highest BCUT2D eigenvalue weighted by atomic mass is 19.1. The molecule has 0 bridgehead atoms. The van der Waals surface area contributed by atoms with E-state index in [0.717, 1.165) is 18.4 Å². The van der Waals surface area contributed by atoms with Gasteiger partial charge in [-0.15, -0.1) is 0 Å². The Hall–Kier alpha value is -3.30. The van der Waals surface area contributed by atoms with Crippen LogP contribution in [0.1, 0.15) is 37.8 Å². The van der Waals surface area contributed by atoms with Gasteiger partial charge in [-0.25, -0.2) is 9.18 Å². The predicted molar refractivity (Wildman–Crippen MR) is 133 cm³/mol. The minimum absolute atomic E-state index is 0.0622. The minimum atomic E-state index is -1.15. The number of carboxylic acid groups (broad SMARTS) is 1. The van der Waals surface area contributed by atoms with E-state index in [4.69, 9.17) is 28.4 Å². The molecule has 198 valence electrons. The maximum Gasteiger partial charge on any atom is 0.371 e. The van der Waals surface area contributed by atoms with Gasteiger partial charge in [0.1, 0.15) is 0 Å². The van der Waals surface area contributed by atoms with E-state index in [1.807, 2.05) is 0 Å². The Morgan fingerprint density at radius 3 is 2.42 bits per heavy atom. The van der Waals surface area contributed by atoms with Crippen LogP contribution in [0, 0.1) is 5.82 Å². The zero-order valence-electron chi connectivity index (χ0n) is 21.1. The van der Waals surface area contributed by atoms with Crippen LogP contribution in [0.3, 0.4) is 0 Å². The highest BCUT2D eigenvalue weighted by Gasteiger charge is 2.12. The van der Waals surface area contributed by atoms with Gasteiger partial charge in [-0.3, -0.25) is 0 Å². The Bertz CT molecular complexity index is 976. The first kappa shape index (κ1) is 28.9. The molecule has 0 amide bonds. The van der Waals surface area contributed by atoms with Crippen LogP contribution in [0.4, 0.5) is 4.39 Å². The van der Waals surface area contributed by atoms with Crippen molar-refractivity contribution in [1.82, 2.24) is 0 Å². The molecular weight excluding hydrogens is 471 g/mol. The van der Waals surface area contributed by atoms with Crippen molar-refractivity contribution in [2.24, 2.45) is 0 Å². The van der Waals surface area contributed by atoms with Crippen LogP contribution >= 0.6 is 0 Å². The van der Waals surface area contributed by atoms with Crippen LogP contribution in [0.25, 0.3) is 6.08 Å². The molecule has 0 aliphatic rings. The topological polar surface area (TPSA) is 92.7 Å². The van der Waals surface area contributed by atoms with Crippen LogP contribution < -0.4 is 14.2 Å². The van der Waals surface area contributed by atoms with Gasteiger partial charge < -0.3 is 33.5 Å². The summed E-state index contributed by atoms with van der Waals surface area (Å²) in [7, 11) is 1.57. The zero-order chi connectivity index (χ0) is 26.2. The average molecular weight is 507 g/mol. The van der Waals surface area contributed by atoms with E-state index in [2.05, 4.69) is 6.92 Å². The summed E-state index contributed by atoms with van der Waals surface area (Å²) in [5.41, 5.74) is 1.36. The summed E-state index contributed by atoms with van der Waals surface area (Å²) < 4.78 is 46.7. The summed E-state index contributed by atoms with van der Waals surface area (Å²) in [6.07, 6.45) is 3.74. The van der Waals surface area contributed by atoms with Crippen molar-refractivity contribution in [3.05, 3.63) is 59.1 Å². The molecule has 2 aromatic carbocycles. The van der Waals surface area contributed by atoms with Crippen molar-refractivity contribution in [2.75, 3.05) is 46.9 Å². The number of carbonyl (C=O) groups is 1. The van der Waals surface area contributed by atoms with E-state index >= 15 is 0 Å². The van der Waals surface area contributed by atoms with E-state index in [9.17, 15) is 14.3 Å². The molecule has 0 spiro atoms. The highest BCUT2D eigenvalue weighted by Crippen LogP contribution is 2.30. The van der Waals surface area contributed by atoms with Crippen LogP contribution in [0.15, 0.2) is 42.2 Å². The van der Waals surface area contributed by atoms with Crippen LogP contribution in [-0.4, -0.2) is 58.0 Å². The fourth-order valence-corrected chi connectivity index (χ4v) is 3.05. The van der Waals surface area contributed by atoms with E-state index in [-0.39, 0.29) is 24.9 Å². The molecule has 9 heteroatoms. The number of halogens is 1. The second-order valence-electron chi connectivity index (χ2n) is 7.68. The fraction of sp³-hybridized carbons (Fsp3) is 0.444. The fourth-order valence-electron chi connectivity index (χ4n) is 3.05. The normalized spacial score (nSPS) is 11.3. The van der Waals surface area contributed by atoms with E-state index in [1.54, 1.807) is 44.4 Å². The molecule has 0 atom stereocenters. The summed E-state index contributed by atoms with van der Waals surface area (Å²) in [6.45, 7) is 5.55. The largest absolute Gasteiger partial charge is 0.490 e. The Labute approximate surface area is 211 Å². The number of hydrogen-bond acceptors (Lipinski definition) is 7. The van der Waals surface area contributed by atoms with Gasteiger partial charge in [0.2, 0.25) is 5.76 Å². The molecule has 2 rings (SSSR count). The number of unbranched alkanes of at least 4 members (excludes halogenated alkanes) is 1. The van der Waals surface area contributed by atoms with Crippen molar-refractivity contribution in [2.45, 2.75) is 33.1 Å². The standard InChI is InChI=1S/C27H35FO8/c1-4-6-12-34-25-17-21(18-26(27(29)30)33-5-2)8-10-24(25)35-13-11-20-7-9-23(22(28)16-20)36-19-32-15-14-31-3/h7-10,16-18H,4-6,11-15,19H2,1-3H3,(H,29,30)/b26-18+. The number of ether oxygens (including phenoxy) is 6. The molecule has 2 aromatic rings. The van der Waals surface area contributed by atoms with Crippen molar-refractivity contribution >= 4 is 12.0 Å². The van der Waals surface area contributed by atoms with E-state index in [1.165, 1.54) is 12.1 Å². The van der Waals surface area contributed by atoms with Crippen molar-refractivity contribution in [3.63, 3.8) is 0 Å². The third-order valence-electron chi connectivity index (χ3n) is 4.91. The first-order chi connectivity index (χ1) is 17.5. The number of carboxylic acids is 1. The molecule has 0 aliphatic carbocycles. The molecular formula is C27H35FO8. The molecule has 0 saturated heterocycles. The van der Waals surface area contributed by atoms with Gasteiger partial charge >= 0.3 is 5.97 Å². The van der Waals surface area contributed by atoms with Gasteiger partial charge in [0, 0.05) is 13.5 Å². The minimum Gasteiger partial charge on any atom is -0.490 e. The van der Waals surface area contributed by atoms with Gasteiger partial charge in [0.15, 0.2) is 29.9 Å². The Kier molecular flexibility index (Phi) is 13.2. The second-order valence-corrected chi connectivity index (χ2v) is 7.68. The Morgan fingerprint density at radius 1 is 0.944 bits per heavy atom. The quantitative estimate of drug-likeness (QED) is 0.129. The van der Waals surface area contributed by atoms with Gasteiger partial charge in [-0.1, -0.05) is 25.5 Å². The molecule has 0 fully saturated rings. The Morgan fingerprint density at radius 2 is 1.72 bits per heavy atom. The van der Waals surface area contributed by atoms with Crippen LogP contribution in [0.5, 0.6) is 17.2 Å². The molecule has 0 aromatic heterocycles. The van der Waals surface area contributed by atoms with E-state index < -0.39 is 11.8 Å². The second kappa shape index (κ2) is 16.4. The summed E-state index contributed by atoms with van der Waals surface area (Å²) in [5, 5.41) is 9.30. The molecule has 0 saturated carbocycles. The van der Waals surface area contributed by atoms with Gasteiger partial charge in [0.05, 0.1) is 33.0 Å². The maximum atomic E-state index is 14.3. The summed E-state index contributed by atoms with van der Waals surface area (Å²) >= 11 is 0. The summed E-state index contributed by atoms with van der Waals surface area (Å²) in [4.78, 5) is 11.4. The lowest BCUT2D eigenvalue weighted by Crippen LogP contribution is -2.09. The lowest BCUT2D eigenvalue weighted by molar-refractivity contribution is -0.136. The molecule has 0 unspecified atom stereocenters. The SMILES string of the molecule is CCCCOc1cc(/C=C(/OCC)C(=O)O)ccc1OCCc1ccc(OCOCCOC)c(F)c1. The maximum absolute atomic E-state index is 14.3. The highest BCUT2D eigenvalue weighted by molar-refractivity contribution is 5.90. The zero-order valence-corrected chi connectivity index (χ0v) is 21.1. The lowest BCUT2D eigenvalue weighted by atomic mass is 10.1. The van der Waals surface area contributed by atoms with Gasteiger partial charge in [0.25, 0.3) is 0 Å². The number of hydrogen-bond donors (Lipinski definition) is 1. The monoisotopic (exact) mass is 506 g/mol. The summed E-state index contributed by atoms with van der Waals surface area (Å²) in [6, 6.07) is 9.90. The lowest BCUT2D eigenvalue weighted by Gasteiger charge is -2.14. The molecule has 0 aliphatic heterocycles. The average Bonchev–Trinajstić information content (AvgIpc) is 2.86. The smallest absolute Gasteiger partial charge is 0.371 e. The molecule has 1 N–H and O–H groups in total. The Balaban J connectivity index is 2.01. The van der Waals surface area contributed by atoms with Crippen molar-refractivity contribution < 1.29 is 42.7 Å². The summed E-state index contributed by atoms with van der Waals surface area (Å²) in [5.74, 6) is -0.646. The molecule has 36 heavy (non-hydrogen) atoms. The predicted octanol–water partition coefficient (Wildman–Crippen LogP) is 5.09. The van der Waals surface area contributed by atoms with Crippen LogP contribution in [0.2, 0.25) is 0 Å². The first-order valence-electron chi connectivity index (χ1n) is 11.9. The number of benzene rings is 2. The molecule has 8 nitrogen and oxygen atoms in total. The third-order valence-corrected chi connectivity index (χ3v) is 4.91. The van der Waals surface area contributed by atoms with E-state index in [0.29, 0.717) is 49.9 Å².